The molecule has 0 fully saturated rings. The minimum atomic E-state index is 0.209. The Bertz CT molecular complexity index is 2060. The van der Waals surface area contributed by atoms with Crippen molar-refractivity contribution in [2.45, 2.75) is 0 Å². The summed E-state index contributed by atoms with van der Waals surface area (Å²) in [5.41, 5.74) is 7.53. The van der Waals surface area contributed by atoms with Crippen molar-refractivity contribution in [3.63, 3.8) is 0 Å². The molecule has 0 unspecified atom stereocenters. The van der Waals surface area contributed by atoms with Gasteiger partial charge in [0.05, 0.1) is 0 Å². The van der Waals surface area contributed by atoms with E-state index in [-0.39, 0.29) is 16.4 Å². The minimum Gasteiger partial charge on any atom is -0.112 e. The highest BCUT2D eigenvalue weighted by atomic mass is 14.2. The molecule has 0 bridgehead atoms. The Morgan fingerprint density at radius 2 is 0.610 bits per heavy atom. The van der Waals surface area contributed by atoms with E-state index in [1.54, 1.807) is 0 Å². The molecule has 0 N–H and O–H groups in total. The molecule has 178 valence electrons. The number of rotatable bonds is 3. The molecule has 0 spiro atoms. The van der Waals surface area contributed by atoms with E-state index in [9.17, 15) is 0 Å². The molecule has 10 radical (unpaired) electrons. The van der Waals surface area contributed by atoms with E-state index in [1.807, 2.05) is 6.07 Å². The second-order valence-electron chi connectivity index (χ2n) is 10.4. The first-order valence-electron chi connectivity index (χ1n) is 13.5. The Labute approximate surface area is 246 Å². The predicted octanol–water partition coefficient (Wildman–Crippen LogP) is 4.12. The normalized spacial score (nSPS) is 11.4. The number of fused-ring (bicyclic) bond motifs is 3. The van der Waals surface area contributed by atoms with Gasteiger partial charge in [-0.3, -0.25) is 0 Å². The van der Waals surface area contributed by atoms with Gasteiger partial charge in [0.25, 0.3) is 0 Å². The average molecular weight is 506 g/mol. The molecule has 0 heterocycles. The molecule has 7 aromatic rings. The van der Waals surface area contributed by atoms with Crippen LogP contribution < -0.4 is 27.3 Å². The van der Waals surface area contributed by atoms with Crippen LogP contribution in [0.3, 0.4) is 0 Å². The van der Waals surface area contributed by atoms with Crippen LogP contribution in [0.1, 0.15) is 0 Å². The largest absolute Gasteiger partial charge is 0.113 e. The first kappa shape index (κ1) is 25.6. The van der Waals surface area contributed by atoms with Crippen LogP contribution in [0.25, 0.3) is 65.7 Å². The summed E-state index contributed by atoms with van der Waals surface area (Å²) < 4.78 is 0. The standard InChI is InChI=1S/C36H19B5/c37-32-31(33(38)35(40)36(41)34(32)39)28-19-18-27(21-12-4-5-13-22(21)28)30-25-16-8-6-14-23(25)29(20-10-2-1-3-11-20)24-15-7-9-17-26(24)30/h1-19H. The van der Waals surface area contributed by atoms with Crippen LogP contribution in [0.4, 0.5) is 0 Å². The third-order valence-corrected chi connectivity index (χ3v) is 8.16. The van der Waals surface area contributed by atoms with Crippen LogP contribution in [0.15, 0.2) is 115 Å². The molecule has 0 nitrogen and oxygen atoms in total. The summed E-state index contributed by atoms with van der Waals surface area (Å²) in [5.74, 6) is 0. The molecule has 0 amide bonds. The fourth-order valence-corrected chi connectivity index (χ4v) is 6.21. The van der Waals surface area contributed by atoms with Gasteiger partial charge in [-0.1, -0.05) is 126 Å². The van der Waals surface area contributed by atoms with E-state index < -0.39 is 0 Å². The predicted molar refractivity (Wildman–Crippen MR) is 182 cm³/mol. The minimum absolute atomic E-state index is 0.209. The average Bonchev–Trinajstić information content (AvgIpc) is 3.02. The summed E-state index contributed by atoms with van der Waals surface area (Å²) in [7, 11) is 31.6. The quantitative estimate of drug-likeness (QED) is 0.251. The van der Waals surface area contributed by atoms with Gasteiger partial charge in [-0.2, -0.15) is 0 Å². The molecule has 0 aromatic heterocycles. The topological polar surface area (TPSA) is 0 Å². The lowest BCUT2D eigenvalue weighted by Crippen LogP contribution is -2.55. The van der Waals surface area contributed by atoms with Gasteiger partial charge in [-0.15, -0.1) is 16.4 Å². The van der Waals surface area contributed by atoms with Crippen molar-refractivity contribution in [1.29, 1.82) is 0 Å². The molecular formula is C36H19B5. The Morgan fingerprint density at radius 1 is 0.268 bits per heavy atom. The Morgan fingerprint density at radius 3 is 1.07 bits per heavy atom. The first-order chi connectivity index (χ1) is 20.0. The molecule has 0 saturated heterocycles. The van der Waals surface area contributed by atoms with Gasteiger partial charge >= 0.3 is 0 Å². The van der Waals surface area contributed by atoms with Crippen LogP contribution in [0, 0.1) is 0 Å². The Balaban J connectivity index is 1.61. The Kier molecular flexibility index (Phi) is 6.20. The van der Waals surface area contributed by atoms with Crippen LogP contribution in [0.5, 0.6) is 0 Å². The maximum absolute atomic E-state index is 6.51. The highest BCUT2D eigenvalue weighted by Crippen LogP contribution is 2.46. The third kappa shape index (κ3) is 3.91. The molecule has 0 aliphatic carbocycles. The molecule has 5 heteroatoms. The van der Waals surface area contributed by atoms with Gasteiger partial charge in [-0.05, 0) is 65.7 Å². The molecular weight excluding hydrogens is 486 g/mol. The van der Waals surface area contributed by atoms with Crippen LogP contribution in [0.2, 0.25) is 0 Å². The van der Waals surface area contributed by atoms with Crippen molar-refractivity contribution in [2.75, 3.05) is 0 Å². The maximum Gasteiger partial charge on any atom is 0.113 e. The summed E-state index contributed by atoms with van der Waals surface area (Å²) in [6, 6.07) is 40.4. The summed E-state index contributed by atoms with van der Waals surface area (Å²) in [5, 5.41) is 6.83. The lowest BCUT2D eigenvalue weighted by molar-refractivity contribution is 1.66. The first-order valence-corrected chi connectivity index (χ1v) is 13.5. The SMILES string of the molecule is [B]c1c([B])c([B])c(-c2ccc(-c3c4ccccc4c(-c4ccccc4)c4ccccc34)c3ccccc23)c([B])c1[B]. The van der Waals surface area contributed by atoms with Crippen molar-refractivity contribution < 1.29 is 0 Å². The van der Waals surface area contributed by atoms with E-state index in [0.29, 0.717) is 16.5 Å². The van der Waals surface area contributed by atoms with Crippen molar-refractivity contribution in [3.8, 4) is 33.4 Å². The van der Waals surface area contributed by atoms with Crippen molar-refractivity contribution in [2.24, 2.45) is 0 Å². The van der Waals surface area contributed by atoms with Crippen LogP contribution in [-0.4, -0.2) is 39.2 Å². The Hall–Kier alpha value is -4.36. The number of benzene rings is 7. The molecule has 41 heavy (non-hydrogen) atoms. The highest BCUT2D eigenvalue weighted by Gasteiger charge is 2.20. The van der Waals surface area contributed by atoms with Crippen LogP contribution in [-0.2, 0) is 0 Å². The molecule has 0 aliphatic rings. The second kappa shape index (κ2) is 9.93. The van der Waals surface area contributed by atoms with Gasteiger partial charge in [0.1, 0.15) is 39.2 Å². The molecule has 0 aliphatic heterocycles. The third-order valence-electron chi connectivity index (χ3n) is 8.16. The maximum atomic E-state index is 6.51. The van der Waals surface area contributed by atoms with Crippen molar-refractivity contribution >= 4 is 98.9 Å². The highest BCUT2D eigenvalue weighted by molar-refractivity contribution is 6.68. The zero-order valence-corrected chi connectivity index (χ0v) is 22.4. The summed E-state index contributed by atoms with van der Waals surface area (Å²) >= 11 is 0. The van der Waals surface area contributed by atoms with E-state index in [0.717, 1.165) is 21.9 Å². The monoisotopic (exact) mass is 506 g/mol. The zero-order chi connectivity index (χ0) is 28.2. The van der Waals surface area contributed by atoms with E-state index in [4.69, 9.17) is 39.2 Å². The van der Waals surface area contributed by atoms with Crippen LogP contribution >= 0.6 is 0 Å². The zero-order valence-electron chi connectivity index (χ0n) is 22.4. The van der Waals surface area contributed by atoms with E-state index in [1.165, 1.54) is 38.2 Å². The fraction of sp³-hybridized carbons (Fsp3) is 0. The molecule has 0 atom stereocenters. The summed E-state index contributed by atoms with van der Waals surface area (Å²) in [6.07, 6.45) is 0. The lowest BCUT2D eigenvalue weighted by atomic mass is 9.59. The fourth-order valence-electron chi connectivity index (χ4n) is 6.21. The number of hydrogen-bond donors (Lipinski definition) is 0. The molecule has 7 rings (SSSR count). The van der Waals surface area contributed by atoms with E-state index in [2.05, 4.69) is 109 Å². The lowest BCUT2D eigenvalue weighted by Gasteiger charge is -2.23. The van der Waals surface area contributed by atoms with Crippen molar-refractivity contribution in [3.05, 3.63) is 115 Å². The van der Waals surface area contributed by atoms with Crippen molar-refractivity contribution in [1.82, 2.24) is 0 Å². The summed E-state index contributed by atoms with van der Waals surface area (Å²) in [4.78, 5) is 0. The van der Waals surface area contributed by atoms with Gasteiger partial charge in [0.15, 0.2) is 0 Å². The summed E-state index contributed by atoms with van der Waals surface area (Å²) in [6.45, 7) is 0. The van der Waals surface area contributed by atoms with Gasteiger partial charge in [0.2, 0.25) is 0 Å². The smallest absolute Gasteiger partial charge is 0.112 e. The second-order valence-corrected chi connectivity index (χ2v) is 10.4. The van der Waals surface area contributed by atoms with Gasteiger partial charge in [-0.25, -0.2) is 0 Å². The van der Waals surface area contributed by atoms with Gasteiger partial charge in [0, 0.05) is 0 Å². The van der Waals surface area contributed by atoms with Gasteiger partial charge < -0.3 is 0 Å². The van der Waals surface area contributed by atoms with E-state index >= 15 is 0 Å². The number of hydrogen-bond acceptors (Lipinski definition) is 0. The molecule has 0 saturated carbocycles. The molecule has 7 aromatic carbocycles.